The molecule has 0 unspecified atom stereocenters. The third kappa shape index (κ3) is 14.2. The molecule has 0 N–H and O–H groups in total. The van der Waals surface area contributed by atoms with Crippen molar-refractivity contribution in [1.82, 2.24) is 9.13 Å². The predicted molar refractivity (Wildman–Crippen MR) is 559 cm³/mol. The highest BCUT2D eigenvalue weighted by Crippen LogP contribution is 2.50. The Morgan fingerprint density at radius 1 is 0.136 bits per heavy atom. The lowest BCUT2D eigenvalue weighted by molar-refractivity contribution is 1.18. The predicted octanol–water partition coefficient (Wildman–Crippen LogP) is 35.5. The first kappa shape index (κ1) is 78.1. The number of benzene rings is 22. The lowest BCUT2D eigenvalue weighted by Gasteiger charge is -2.28. The zero-order valence-corrected chi connectivity index (χ0v) is 72.4. The Bertz CT molecular complexity index is 8470. The van der Waals surface area contributed by atoms with Crippen LogP contribution in [0.5, 0.6) is 0 Å². The van der Waals surface area contributed by atoms with Crippen LogP contribution in [-0.4, -0.2) is 9.13 Å². The Balaban J connectivity index is 0.574. The van der Waals surface area contributed by atoms with Gasteiger partial charge < -0.3 is 18.9 Å². The summed E-state index contributed by atoms with van der Waals surface area (Å²) in [7, 11) is 0. The Kier molecular flexibility index (Phi) is 19.9. The average Bonchev–Trinajstić information content (AvgIpc) is 1.54. The summed E-state index contributed by atoms with van der Waals surface area (Å²) in [6.07, 6.45) is 0. The highest BCUT2D eigenvalue weighted by atomic mass is 15.2. The van der Waals surface area contributed by atoms with Crippen LogP contribution in [0.2, 0.25) is 0 Å². The molecule has 0 saturated heterocycles. The first-order valence-corrected chi connectivity index (χ1v) is 45.4. The molecule has 2 heterocycles. The minimum absolute atomic E-state index is 1.04. The zero-order valence-electron chi connectivity index (χ0n) is 72.4. The fraction of sp³-hybridized carbons (Fsp3) is 0. The van der Waals surface area contributed by atoms with E-state index in [1.54, 1.807) is 0 Å². The molecule has 0 fully saturated rings. The highest BCUT2D eigenvalue weighted by molar-refractivity contribution is 6.19. The Labute approximate surface area is 768 Å². The zero-order chi connectivity index (χ0) is 87.4. The molecule has 0 aliphatic heterocycles. The van der Waals surface area contributed by atoms with Gasteiger partial charge in [0.15, 0.2) is 0 Å². The summed E-state index contributed by atoms with van der Waals surface area (Å²) in [6, 6.07) is 192. The number of fused-ring (bicyclic) bond motifs is 9. The fourth-order valence-corrected chi connectivity index (χ4v) is 20.4. The molecule has 4 nitrogen and oxygen atoms in total. The SMILES string of the molecule is c1ccc(-c2ccc(N(c3ccc(-c4ccccc4-c4ccccc4)cc3)c3ccccc3-c3cccc(-c4cccc5c4c4ccccc4n5-c4cccc(-c5ccc6c(c5)cc(-c5ccc(N(c7ccc(-c8ccccc8-c8ccccc8)cc7)c7ccccc7-c7cccc(-c8cccc9c8c8ccccc8n9-c8ccccc8)c7)cc5)c5ccccc56)c4)c3)cc2)cc1. The van der Waals surface area contributed by atoms with Crippen LogP contribution in [0.1, 0.15) is 0 Å². The van der Waals surface area contributed by atoms with Gasteiger partial charge in [0.05, 0.1) is 33.4 Å². The normalized spacial score (nSPS) is 11.5. The molecule has 0 atom stereocenters. The van der Waals surface area contributed by atoms with Crippen LogP contribution >= 0.6 is 0 Å². The second-order valence-corrected chi connectivity index (χ2v) is 34.1. The standard InChI is InChI=1S/C128H86N4/c1-5-32-87(33-6-1)88-64-73-102(74-65-88)129(103-75-66-91(67-76-103)109-48-15-13-46-107(109)89-34-7-2-8-35-89)121-58-23-19-50-112(121)97-40-28-42-99(84-97)115-57-31-63-126-128(115)119-55-22-26-61-124(119)132(126)106-45-29-38-94(85-106)95-72-81-111-100(82-95)86-120(117-53-18-17-52-116(111)117)93-70-79-105(80-71-93)130(104-77-68-92(69-78-104)110-49-16-14-47-108(110)90-36-9-3-10-37-90)122-59-24-20-51-113(122)96-39-27-41-98(83-96)114-56-30-62-125-127(114)118-54-21-25-60-123(118)131(125)101-43-11-4-12-44-101/h1-86H. The summed E-state index contributed by atoms with van der Waals surface area (Å²) < 4.78 is 4.87. The van der Waals surface area contributed by atoms with Crippen LogP contribution in [0, 0.1) is 0 Å². The second kappa shape index (κ2) is 33.7. The van der Waals surface area contributed by atoms with E-state index in [4.69, 9.17) is 0 Å². The summed E-state index contributed by atoms with van der Waals surface area (Å²) in [6.45, 7) is 0. The quantitative estimate of drug-likeness (QED) is 0.0750. The van der Waals surface area contributed by atoms with Crippen molar-refractivity contribution in [3.05, 3.63) is 522 Å². The Hall–Kier alpha value is -17.4. The third-order valence-corrected chi connectivity index (χ3v) is 26.5. The molecule has 0 amide bonds. The maximum atomic E-state index is 2.47. The molecule has 618 valence electrons. The van der Waals surface area contributed by atoms with Gasteiger partial charge in [-0.15, -0.1) is 0 Å². The lowest BCUT2D eigenvalue weighted by Crippen LogP contribution is -2.11. The molecule has 0 saturated carbocycles. The van der Waals surface area contributed by atoms with Crippen molar-refractivity contribution in [3.8, 4) is 134 Å². The van der Waals surface area contributed by atoms with Crippen molar-refractivity contribution in [2.45, 2.75) is 0 Å². The van der Waals surface area contributed by atoms with Crippen LogP contribution in [0.4, 0.5) is 34.1 Å². The first-order chi connectivity index (χ1) is 65.5. The average molecular weight is 1680 g/mol. The van der Waals surface area contributed by atoms with Crippen molar-refractivity contribution in [3.63, 3.8) is 0 Å². The number of nitrogens with zero attached hydrogens (tertiary/aromatic N) is 4. The van der Waals surface area contributed by atoms with Gasteiger partial charge in [0.2, 0.25) is 0 Å². The molecule has 132 heavy (non-hydrogen) atoms. The van der Waals surface area contributed by atoms with Crippen molar-refractivity contribution in [2.24, 2.45) is 0 Å². The van der Waals surface area contributed by atoms with E-state index in [1.165, 1.54) is 115 Å². The van der Waals surface area contributed by atoms with E-state index in [0.29, 0.717) is 0 Å². The largest absolute Gasteiger partial charge is 0.310 e. The van der Waals surface area contributed by atoms with E-state index in [0.717, 1.165) is 118 Å². The minimum atomic E-state index is 1.04. The second-order valence-electron chi connectivity index (χ2n) is 34.1. The fourth-order valence-electron chi connectivity index (χ4n) is 20.4. The van der Waals surface area contributed by atoms with Crippen LogP contribution in [-0.2, 0) is 0 Å². The first-order valence-electron chi connectivity index (χ1n) is 45.4. The van der Waals surface area contributed by atoms with Gasteiger partial charge in [0.1, 0.15) is 0 Å². The number of hydrogen-bond acceptors (Lipinski definition) is 2. The van der Waals surface area contributed by atoms with Crippen molar-refractivity contribution in [2.75, 3.05) is 9.80 Å². The van der Waals surface area contributed by atoms with E-state index in [1.807, 2.05) is 0 Å². The molecule has 0 spiro atoms. The summed E-state index contributed by atoms with van der Waals surface area (Å²) in [5, 5.41) is 9.67. The lowest BCUT2D eigenvalue weighted by atomic mass is 9.91. The number of para-hydroxylation sites is 5. The number of aromatic nitrogens is 2. The Morgan fingerprint density at radius 3 is 0.894 bits per heavy atom. The van der Waals surface area contributed by atoms with Crippen molar-refractivity contribution < 1.29 is 0 Å². The van der Waals surface area contributed by atoms with E-state index in [-0.39, 0.29) is 0 Å². The molecular weight excluding hydrogens is 1590 g/mol. The van der Waals surface area contributed by atoms with Gasteiger partial charge in [-0.25, -0.2) is 0 Å². The Morgan fingerprint density at radius 2 is 0.424 bits per heavy atom. The number of hydrogen-bond donors (Lipinski definition) is 0. The molecule has 0 aliphatic carbocycles. The van der Waals surface area contributed by atoms with Crippen LogP contribution in [0.25, 0.3) is 199 Å². The van der Waals surface area contributed by atoms with E-state index < -0.39 is 0 Å². The van der Waals surface area contributed by atoms with Crippen LogP contribution < -0.4 is 9.80 Å². The van der Waals surface area contributed by atoms with Crippen LogP contribution in [0.3, 0.4) is 0 Å². The molecule has 0 aliphatic rings. The van der Waals surface area contributed by atoms with Gasteiger partial charge in [0.25, 0.3) is 0 Å². The van der Waals surface area contributed by atoms with Gasteiger partial charge >= 0.3 is 0 Å². The monoisotopic (exact) mass is 1680 g/mol. The number of rotatable bonds is 19. The highest BCUT2D eigenvalue weighted by Gasteiger charge is 2.26. The molecule has 0 radical (unpaired) electrons. The summed E-state index contributed by atoms with van der Waals surface area (Å²) >= 11 is 0. The van der Waals surface area contributed by atoms with E-state index >= 15 is 0 Å². The van der Waals surface area contributed by atoms with E-state index in [2.05, 4.69) is 541 Å². The van der Waals surface area contributed by atoms with Crippen molar-refractivity contribution in [1.29, 1.82) is 0 Å². The van der Waals surface area contributed by atoms with Gasteiger partial charge in [-0.3, -0.25) is 0 Å². The van der Waals surface area contributed by atoms with Gasteiger partial charge in [-0.1, -0.05) is 388 Å². The van der Waals surface area contributed by atoms with Crippen LogP contribution in [0.15, 0.2) is 522 Å². The maximum Gasteiger partial charge on any atom is 0.0547 e. The number of anilines is 6. The molecule has 4 heteroatoms. The molecule has 0 bridgehead atoms. The van der Waals surface area contributed by atoms with Gasteiger partial charge in [-0.2, -0.15) is 0 Å². The molecular formula is C128H86N4. The topological polar surface area (TPSA) is 16.3 Å². The summed E-state index contributed by atoms with van der Waals surface area (Å²) in [5.74, 6) is 0. The summed E-state index contributed by atoms with van der Waals surface area (Å²) in [5.41, 5.74) is 38.8. The van der Waals surface area contributed by atoms with Crippen molar-refractivity contribution >= 4 is 99.3 Å². The molecule has 24 rings (SSSR count). The maximum absolute atomic E-state index is 2.47. The molecule has 22 aromatic carbocycles. The minimum Gasteiger partial charge on any atom is -0.310 e. The van der Waals surface area contributed by atoms with Gasteiger partial charge in [-0.05, 0) is 266 Å². The molecule has 2 aromatic heterocycles. The van der Waals surface area contributed by atoms with Gasteiger partial charge in [0, 0.05) is 66.8 Å². The summed E-state index contributed by atoms with van der Waals surface area (Å²) in [4.78, 5) is 4.86. The smallest absolute Gasteiger partial charge is 0.0547 e. The third-order valence-electron chi connectivity index (χ3n) is 26.5. The van der Waals surface area contributed by atoms with E-state index in [9.17, 15) is 0 Å². The molecule has 24 aromatic rings.